The fourth-order valence-corrected chi connectivity index (χ4v) is 3.13. The average Bonchev–Trinajstić information content (AvgIpc) is 3.02. The SMILES string of the molecule is CC(=O)N/C(=C/c1ccccc1)C(=O)OCC(=O)NN1C(=O)N[C@](C)(c2ccccc2)C1=O. The third-order valence-electron chi connectivity index (χ3n) is 4.75. The maximum atomic E-state index is 12.8. The Kier molecular flexibility index (Phi) is 6.87. The lowest BCUT2D eigenvalue weighted by atomic mass is 9.92. The van der Waals surface area contributed by atoms with E-state index in [-0.39, 0.29) is 5.70 Å². The van der Waals surface area contributed by atoms with Crippen LogP contribution in [0.1, 0.15) is 25.0 Å². The summed E-state index contributed by atoms with van der Waals surface area (Å²) in [6, 6.07) is 16.4. The first-order valence-corrected chi connectivity index (χ1v) is 9.94. The lowest BCUT2D eigenvalue weighted by Gasteiger charge is -2.22. The maximum Gasteiger partial charge on any atom is 0.355 e. The van der Waals surface area contributed by atoms with Gasteiger partial charge in [-0.05, 0) is 24.1 Å². The van der Waals surface area contributed by atoms with Crippen molar-refractivity contribution in [1.82, 2.24) is 21.1 Å². The van der Waals surface area contributed by atoms with E-state index >= 15 is 0 Å². The molecule has 170 valence electrons. The molecule has 1 atom stereocenters. The highest BCUT2D eigenvalue weighted by Crippen LogP contribution is 2.27. The molecule has 1 aliphatic heterocycles. The van der Waals surface area contributed by atoms with Gasteiger partial charge in [0, 0.05) is 6.92 Å². The smallest absolute Gasteiger partial charge is 0.355 e. The van der Waals surface area contributed by atoms with Crippen molar-refractivity contribution in [2.75, 3.05) is 6.61 Å². The van der Waals surface area contributed by atoms with Gasteiger partial charge >= 0.3 is 12.0 Å². The Morgan fingerprint density at radius 1 is 1.03 bits per heavy atom. The minimum atomic E-state index is -1.36. The molecule has 0 radical (unpaired) electrons. The van der Waals surface area contributed by atoms with Crippen LogP contribution in [0.4, 0.5) is 4.79 Å². The van der Waals surface area contributed by atoms with Gasteiger partial charge in [0.2, 0.25) is 5.91 Å². The van der Waals surface area contributed by atoms with Crippen molar-refractivity contribution in [2.24, 2.45) is 0 Å². The monoisotopic (exact) mass is 450 g/mol. The van der Waals surface area contributed by atoms with Crippen molar-refractivity contribution in [1.29, 1.82) is 0 Å². The number of nitrogens with one attached hydrogen (secondary N) is 3. The lowest BCUT2D eigenvalue weighted by Crippen LogP contribution is -2.49. The van der Waals surface area contributed by atoms with Gasteiger partial charge in [-0.15, -0.1) is 0 Å². The number of rotatable bonds is 7. The van der Waals surface area contributed by atoms with E-state index in [1.54, 1.807) is 60.7 Å². The number of imide groups is 1. The molecule has 3 rings (SSSR count). The molecule has 10 heteroatoms. The van der Waals surface area contributed by atoms with Crippen LogP contribution in [-0.2, 0) is 29.5 Å². The lowest BCUT2D eigenvalue weighted by molar-refractivity contribution is -0.148. The van der Waals surface area contributed by atoms with Gasteiger partial charge in [0.05, 0.1) is 0 Å². The highest BCUT2D eigenvalue weighted by atomic mass is 16.5. The third-order valence-corrected chi connectivity index (χ3v) is 4.75. The molecular formula is C23H22N4O6. The molecule has 0 unspecified atom stereocenters. The van der Waals surface area contributed by atoms with E-state index in [9.17, 15) is 24.0 Å². The van der Waals surface area contributed by atoms with Crippen molar-refractivity contribution < 1.29 is 28.7 Å². The van der Waals surface area contributed by atoms with E-state index < -0.39 is 41.9 Å². The van der Waals surface area contributed by atoms with E-state index in [1.807, 2.05) is 0 Å². The molecule has 0 aliphatic carbocycles. The predicted octanol–water partition coefficient (Wildman–Crippen LogP) is 1.21. The van der Waals surface area contributed by atoms with Crippen LogP contribution in [0, 0.1) is 0 Å². The van der Waals surface area contributed by atoms with Crippen molar-refractivity contribution in [3.8, 4) is 0 Å². The molecule has 0 aromatic heterocycles. The minimum absolute atomic E-state index is 0.173. The molecule has 1 aliphatic rings. The summed E-state index contributed by atoms with van der Waals surface area (Å²) in [7, 11) is 0. The molecule has 1 saturated heterocycles. The van der Waals surface area contributed by atoms with E-state index in [0.29, 0.717) is 16.1 Å². The first-order valence-electron chi connectivity index (χ1n) is 9.94. The molecule has 1 fully saturated rings. The molecule has 33 heavy (non-hydrogen) atoms. The molecule has 3 N–H and O–H groups in total. The van der Waals surface area contributed by atoms with E-state index in [4.69, 9.17) is 4.74 Å². The number of benzene rings is 2. The Morgan fingerprint density at radius 3 is 2.24 bits per heavy atom. The van der Waals surface area contributed by atoms with Crippen LogP contribution >= 0.6 is 0 Å². The summed E-state index contributed by atoms with van der Waals surface area (Å²) < 4.78 is 4.95. The van der Waals surface area contributed by atoms with Gasteiger partial charge < -0.3 is 15.4 Å². The zero-order valence-corrected chi connectivity index (χ0v) is 18.0. The van der Waals surface area contributed by atoms with Gasteiger partial charge in [0.15, 0.2) is 6.61 Å². The Morgan fingerprint density at radius 2 is 1.64 bits per heavy atom. The number of carbonyl (C=O) groups is 5. The highest BCUT2D eigenvalue weighted by molar-refractivity contribution is 6.08. The van der Waals surface area contributed by atoms with Crippen LogP contribution in [0.5, 0.6) is 0 Å². The number of nitrogens with zero attached hydrogens (tertiary/aromatic N) is 1. The zero-order valence-electron chi connectivity index (χ0n) is 18.0. The van der Waals surface area contributed by atoms with Crippen LogP contribution in [0.15, 0.2) is 66.4 Å². The molecule has 2 aromatic rings. The molecule has 0 saturated carbocycles. The highest BCUT2D eigenvalue weighted by Gasteiger charge is 2.50. The van der Waals surface area contributed by atoms with Gasteiger partial charge in [-0.3, -0.25) is 19.8 Å². The molecule has 5 amide bonds. The van der Waals surface area contributed by atoms with Crippen molar-refractivity contribution >= 4 is 35.8 Å². The molecule has 0 spiro atoms. The quantitative estimate of drug-likeness (QED) is 0.330. The Balaban J connectivity index is 1.64. The largest absolute Gasteiger partial charge is 0.451 e. The number of ether oxygens (including phenoxy) is 1. The first kappa shape index (κ1) is 23.2. The third kappa shape index (κ3) is 5.42. The average molecular weight is 450 g/mol. The van der Waals surface area contributed by atoms with Crippen LogP contribution in [0.25, 0.3) is 6.08 Å². The normalized spacial score (nSPS) is 17.9. The number of hydrazine groups is 1. The standard InChI is InChI=1S/C23H22N4O6/c1-15(28)24-18(13-16-9-5-3-6-10-16)20(30)33-14-19(29)26-27-21(31)23(2,25-22(27)32)17-11-7-4-8-12-17/h3-13H,14H2,1-2H3,(H,24,28)(H,25,32)(H,26,29)/b18-13+/t23-/m1/s1. The van der Waals surface area contributed by atoms with Crippen LogP contribution < -0.4 is 16.1 Å². The van der Waals surface area contributed by atoms with E-state index in [1.165, 1.54) is 19.9 Å². The second-order valence-electron chi connectivity index (χ2n) is 7.32. The van der Waals surface area contributed by atoms with Crippen molar-refractivity contribution in [2.45, 2.75) is 19.4 Å². The number of hydrogen-bond donors (Lipinski definition) is 3. The molecular weight excluding hydrogens is 428 g/mol. The predicted molar refractivity (Wildman–Crippen MR) is 117 cm³/mol. The Bertz CT molecular complexity index is 1120. The van der Waals surface area contributed by atoms with E-state index in [2.05, 4.69) is 16.1 Å². The number of amides is 5. The van der Waals surface area contributed by atoms with Gasteiger partial charge in [-0.1, -0.05) is 60.7 Å². The number of urea groups is 1. The van der Waals surface area contributed by atoms with Gasteiger partial charge in [0.25, 0.3) is 11.8 Å². The Hall–Kier alpha value is -4.47. The topological polar surface area (TPSA) is 134 Å². The van der Waals surface area contributed by atoms with Crippen LogP contribution in [-0.4, -0.2) is 41.3 Å². The summed E-state index contributed by atoms with van der Waals surface area (Å²) in [5.41, 5.74) is 1.77. The Labute approximate surface area is 189 Å². The van der Waals surface area contributed by atoms with E-state index in [0.717, 1.165) is 0 Å². The number of esters is 1. The van der Waals surface area contributed by atoms with Gasteiger partial charge in [-0.25, -0.2) is 9.59 Å². The van der Waals surface area contributed by atoms with Crippen molar-refractivity contribution in [3.63, 3.8) is 0 Å². The summed E-state index contributed by atoms with van der Waals surface area (Å²) in [5.74, 6) is -3.07. The van der Waals surface area contributed by atoms with Crippen LogP contribution in [0.2, 0.25) is 0 Å². The summed E-state index contributed by atoms with van der Waals surface area (Å²) in [5, 5.41) is 5.44. The number of carbonyl (C=O) groups excluding carboxylic acids is 5. The molecule has 0 bridgehead atoms. The summed E-state index contributed by atoms with van der Waals surface area (Å²) >= 11 is 0. The molecule has 2 aromatic carbocycles. The second kappa shape index (κ2) is 9.77. The van der Waals surface area contributed by atoms with Gasteiger partial charge in [-0.2, -0.15) is 5.01 Å². The first-order chi connectivity index (χ1) is 15.7. The number of hydrogen-bond acceptors (Lipinski definition) is 6. The summed E-state index contributed by atoms with van der Waals surface area (Å²) in [4.78, 5) is 61.2. The second-order valence-corrected chi connectivity index (χ2v) is 7.32. The summed E-state index contributed by atoms with van der Waals surface area (Å²) in [6.45, 7) is 1.95. The van der Waals surface area contributed by atoms with Crippen molar-refractivity contribution in [3.05, 3.63) is 77.5 Å². The van der Waals surface area contributed by atoms with Crippen LogP contribution in [0.3, 0.4) is 0 Å². The zero-order chi connectivity index (χ0) is 24.0. The minimum Gasteiger partial charge on any atom is -0.451 e. The fraction of sp³-hybridized carbons (Fsp3) is 0.174. The molecule has 1 heterocycles. The van der Waals surface area contributed by atoms with Gasteiger partial charge in [0.1, 0.15) is 11.2 Å². The fourth-order valence-electron chi connectivity index (χ4n) is 3.13. The molecule has 10 nitrogen and oxygen atoms in total. The summed E-state index contributed by atoms with van der Waals surface area (Å²) in [6.07, 6.45) is 1.39. The maximum absolute atomic E-state index is 12.8.